The smallest absolute Gasteiger partial charge is 0.351 e. The van der Waals surface area contributed by atoms with Crippen LogP contribution >= 0.6 is 0 Å². The van der Waals surface area contributed by atoms with Crippen LogP contribution in [-0.4, -0.2) is 22.4 Å². The fourth-order valence-corrected chi connectivity index (χ4v) is 1.97. The molecule has 0 spiro atoms. The van der Waals surface area contributed by atoms with E-state index in [-0.39, 0.29) is 23.2 Å². The molecule has 1 aromatic heterocycles. The highest BCUT2D eigenvalue weighted by atomic mass is 19.4. The first kappa shape index (κ1) is 17.7. The highest BCUT2D eigenvalue weighted by Gasteiger charge is 2.30. The highest BCUT2D eigenvalue weighted by molar-refractivity contribution is 5.92. The summed E-state index contributed by atoms with van der Waals surface area (Å²) in [5, 5.41) is 5.40. The number of carbonyl (C=O) groups excluding carboxylic acids is 1. The monoisotopic (exact) mass is 338 g/mol. The van der Waals surface area contributed by atoms with Crippen molar-refractivity contribution >= 4 is 17.5 Å². The fourth-order valence-electron chi connectivity index (χ4n) is 1.97. The molecule has 1 heterocycles. The molecular weight excluding hydrogens is 321 g/mol. The van der Waals surface area contributed by atoms with Gasteiger partial charge in [-0.05, 0) is 37.6 Å². The molecule has 0 unspecified atom stereocenters. The van der Waals surface area contributed by atoms with Crippen molar-refractivity contribution in [2.24, 2.45) is 0 Å². The number of aromatic nitrogens is 2. The van der Waals surface area contributed by atoms with E-state index in [1.165, 1.54) is 18.2 Å². The minimum absolute atomic E-state index is 0.0657. The molecule has 1 aromatic carbocycles. The second-order valence-electron chi connectivity index (χ2n) is 5.18. The van der Waals surface area contributed by atoms with Crippen LogP contribution in [0.3, 0.4) is 0 Å². The summed E-state index contributed by atoms with van der Waals surface area (Å²) < 4.78 is 38.2. The molecule has 5 nitrogen and oxygen atoms in total. The van der Waals surface area contributed by atoms with Crippen LogP contribution in [0.15, 0.2) is 30.3 Å². The van der Waals surface area contributed by atoms with Crippen LogP contribution in [0.5, 0.6) is 0 Å². The van der Waals surface area contributed by atoms with E-state index < -0.39 is 11.7 Å². The summed E-state index contributed by atoms with van der Waals surface area (Å²) in [6, 6.07) is 6.21. The average molecular weight is 338 g/mol. The Morgan fingerprint density at radius 3 is 2.62 bits per heavy atom. The number of anilines is 2. The first-order chi connectivity index (χ1) is 11.3. The molecule has 2 rings (SSSR count). The molecular formula is C16H17F3N4O. The van der Waals surface area contributed by atoms with Gasteiger partial charge in [0.2, 0.25) is 5.95 Å². The van der Waals surface area contributed by atoms with E-state index in [0.717, 1.165) is 18.6 Å². The van der Waals surface area contributed by atoms with Crippen LogP contribution in [0.1, 0.15) is 35.1 Å². The number of nitrogens with one attached hydrogen (secondary N) is 2. The number of hydrogen-bond donors (Lipinski definition) is 2. The van der Waals surface area contributed by atoms with Crippen LogP contribution in [-0.2, 0) is 6.18 Å². The maximum absolute atomic E-state index is 12.7. The van der Waals surface area contributed by atoms with Crippen molar-refractivity contribution in [2.75, 3.05) is 11.9 Å². The largest absolute Gasteiger partial charge is 0.416 e. The summed E-state index contributed by atoms with van der Waals surface area (Å²) >= 11 is 0. The average Bonchev–Trinajstić information content (AvgIpc) is 2.51. The number of nitrogens with zero attached hydrogens (tertiary/aromatic N) is 2. The van der Waals surface area contributed by atoms with Gasteiger partial charge in [0.1, 0.15) is 5.69 Å². The lowest BCUT2D eigenvalue weighted by molar-refractivity contribution is -0.137. The molecule has 1 amide bonds. The minimum atomic E-state index is -4.43. The van der Waals surface area contributed by atoms with Gasteiger partial charge in [0.15, 0.2) is 0 Å². The second kappa shape index (κ2) is 7.29. The highest BCUT2D eigenvalue weighted by Crippen LogP contribution is 2.31. The predicted molar refractivity (Wildman–Crippen MR) is 84.1 cm³/mol. The number of alkyl halides is 3. The van der Waals surface area contributed by atoms with E-state index in [0.29, 0.717) is 12.2 Å². The summed E-state index contributed by atoms with van der Waals surface area (Å²) in [7, 11) is 0. The Morgan fingerprint density at radius 1 is 1.21 bits per heavy atom. The number of amides is 1. The fraction of sp³-hybridized carbons (Fsp3) is 0.312. The zero-order valence-corrected chi connectivity index (χ0v) is 13.2. The van der Waals surface area contributed by atoms with E-state index in [4.69, 9.17) is 0 Å². The lowest BCUT2D eigenvalue weighted by Crippen LogP contribution is -2.25. The number of benzene rings is 1. The minimum Gasteiger partial charge on any atom is -0.351 e. The zero-order valence-electron chi connectivity index (χ0n) is 13.2. The van der Waals surface area contributed by atoms with Gasteiger partial charge in [-0.1, -0.05) is 13.0 Å². The summed E-state index contributed by atoms with van der Waals surface area (Å²) in [6.45, 7) is 4.11. The van der Waals surface area contributed by atoms with Crippen LogP contribution in [0.4, 0.5) is 24.8 Å². The van der Waals surface area contributed by atoms with Gasteiger partial charge in [-0.2, -0.15) is 13.2 Å². The molecule has 8 heteroatoms. The molecule has 0 saturated heterocycles. The van der Waals surface area contributed by atoms with Crippen molar-refractivity contribution in [1.82, 2.24) is 15.3 Å². The molecule has 0 aliphatic rings. The SMILES string of the molecule is CCCNC(=O)c1cc(C)nc(Nc2cccc(C(F)(F)F)c2)n1. The third-order valence-electron chi connectivity index (χ3n) is 3.07. The van der Waals surface area contributed by atoms with E-state index in [1.807, 2.05) is 6.92 Å². The van der Waals surface area contributed by atoms with Crippen LogP contribution in [0.25, 0.3) is 0 Å². The Kier molecular flexibility index (Phi) is 5.38. The van der Waals surface area contributed by atoms with Crippen LogP contribution < -0.4 is 10.6 Å². The van der Waals surface area contributed by atoms with Gasteiger partial charge in [-0.25, -0.2) is 9.97 Å². The van der Waals surface area contributed by atoms with Gasteiger partial charge in [0.05, 0.1) is 5.56 Å². The number of carbonyl (C=O) groups is 1. The molecule has 0 aliphatic heterocycles. The van der Waals surface area contributed by atoms with Crippen molar-refractivity contribution in [3.63, 3.8) is 0 Å². The summed E-state index contributed by atoms with van der Waals surface area (Å²) in [5.41, 5.74) is 0.1000. The quantitative estimate of drug-likeness (QED) is 0.873. The molecule has 24 heavy (non-hydrogen) atoms. The molecule has 0 aliphatic carbocycles. The summed E-state index contributed by atoms with van der Waals surface area (Å²) in [6.07, 6.45) is -3.65. The van der Waals surface area contributed by atoms with E-state index in [9.17, 15) is 18.0 Å². The number of hydrogen-bond acceptors (Lipinski definition) is 4. The van der Waals surface area contributed by atoms with Gasteiger partial charge in [0, 0.05) is 17.9 Å². The summed E-state index contributed by atoms with van der Waals surface area (Å²) in [4.78, 5) is 20.1. The number of rotatable bonds is 5. The maximum Gasteiger partial charge on any atom is 0.416 e. The Bertz CT molecular complexity index is 732. The molecule has 0 atom stereocenters. The van der Waals surface area contributed by atoms with Crippen molar-refractivity contribution in [2.45, 2.75) is 26.4 Å². The molecule has 2 N–H and O–H groups in total. The molecule has 2 aromatic rings. The molecule has 0 fully saturated rings. The molecule has 0 saturated carbocycles. The Hall–Kier alpha value is -2.64. The van der Waals surface area contributed by atoms with Gasteiger partial charge in [-0.15, -0.1) is 0 Å². The summed E-state index contributed by atoms with van der Waals surface area (Å²) in [5.74, 6) is -0.287. The van der Waals surface area contributed by atoms with Crippen LogP contribution in [0.2, 0.25) is 0 Å². The third kappa shape index (κ3) is 4.68. The van der Waals surface area contributed by atoms with Crippen LogP contribution in [0, 0.1) is 6.92 Å². The number of halogens is 3. The predicted octanol–water partition coefficient (Wildman–Crippen LogP) is 3.69. The van der Waals surface area contributed by atoms with Gasteiger partial charge < -0.3 is 10.6 Å². The zero-order chi connectivity index (χ0) is 17.7. The van der Waals surface area contributed by atoms with Gasteiger partial charge in [0.25, 0.3) is 5.91 Å². The standard InChI is InChI=1S/C16H17F3N4O/c1-3-7-20-14(24)13-8-10(2)21-15(23-13)22-12-6-4-5-11(9-12)16(17,18)19/h4-6,8-9H,3,7H2,1-2H3,(H,20,24)(H,21,22,23). The molecule has 0 radical (unpaired) electrons. The van der Waals surface area contributed by atoms with Crippen molar-refractivity contribution in [3.8, 4) is 0 Å². The van der Waals surface area contributed by atoms with E-state index >= 15 is 0 Å². The lowest BCUT2D eigenvalue weighted by atomic mass is 10.2. The third-order valence-corrected chi connectivity index (χ3v) is 3.07. The first-order valence-electron chi connectivity index (χ1n) is 7.37. The van der Waals surface area contributed by atoms with Gasteiger partial charge >= 0.3 is 6.18 Å². The maximum atomic E-state index is 12.7. The second-order valence-corrected chi connectivity index (χ2v) is 5.18. The normalized spacial score (nSPS) is 11.2. The Balaban J connectivity index is 2.24. The Labute approximate surface area is 137 Å². The molecule has 128 valence electrons. The van der Waals surface area contributed by atoms with Gasteiger partial charge in [-0.3, -0.25) is 4.79 Å². The number of aryl methyl sites for hydroxylation is 1. The van der Waals surface area contributed by atoms with E-state index in [1.54, 1.807) is 6.92 Å². The lowest BCUT2D eigenvalue weighted by Gasteiger charge is -2.11. The Morgan fingerprint density at radius 2 is 1.96 bits per heavy atom. The molecule has 0 bridgehead atoms. The topological polar surface area (TPSA) is 66.9 Å². The van der Waals surface area contributed by atoms with Crippen molar-refractivity contribution in [3.05, 3.63) is 47.3 Å². The first-order valence-corrected chi connectivity index (χ1v) is 7.37. The van der Waals surface area contributed by atoms with Crippen molar-refractivity contribution < 1.29 is 18.0 Å². The van der Waals surface area contributed by atoms with Crippen molar-refractivity contribution in [1.29, 1.82) is 0 Å². The van der Waals surface area contributed by atoms with E-state index in [2.05, 4.69) is 20.6 Å².